The third kappa shape index (κ3) is 3.73. The molecular weight excluding hydrogens is 392 g/mol. The highest BCUT2D eigenvalue weighted by atomic mass is 16.8. The Morgan fingerprint density at radius 1 is 0.935 bits per heavy atom. The van der Waals surface area contributed by atoms with Crippen molar-refractivity contribution in [1.82, 2.24) is 0 Å². The van der Waals surface area contributed by atoms with Crippen LogP contribution >= 0.6 is 0 Å². The fourth-order valence-electron chi connectivity index (χ4n) is 5.17. The molecule has 5 nitrogen and oxygen atoms in total. The van der Waals surface area contributed by atoms with Gasteiger partial charge in [0, 0.05) is 18.4 Å². The van der Waals surface area contributed by atoms with Gasteiger partial charge in [0.2, 0.25) is 6.29 Å². The fourth-order valence-corrected chi connectivity index (χ4v) is 5.17. The second-order valence-corrected chi connectivity index (χ2v) is 8.56. The van der Waals surface area contributed by atoms with Crippen LogP contribution in [0.4, 0.5) is 4.79 Å². The van der Waals surface area contributed by atoms with Crippen LogP contribution in [-0.4, -0.2) is 25.0 Å². The van der Waals surface area contributed by atoms with E-state index in [4.69, 9.17) is 14.2 Å². The Labute approximate surface area is 182 Å². The minimum absolute atomic E-state index is 0.0410. The predicted molar refractivity (Wildman–Crippen MR) is 115 cm³/mol. The number of ether oxygens (including phenoxy) is 3. The molecule has 3 unspecified atom stereocenters. The summed E-state index contributed by atoms with van der Waals surface area (Å²) >= 11 is 0. The molecule has 5 rings (SSSR count). The molecule has 0 aromatic heterocycles. The topological polar surface area (TPSA) is 61.8 Å². The highest BCUT2D eigenvalue weighted by Gasteiger charge is 2.39. The number of hydrogen-bond donors (Lipinski definition) is 0. The van der Waals surface area contributed by atoms with E-state index in [0.29, 0.717) is 11.8 Å². The molecule has 0 amide bonds. The summed E-state index contributed by atoms with van der Waals surface area (Å²) in [5.74, 6) is 0.489. The number of carbonyl (C=O) groups excluding carboxylic acids is 2. The van der Waals surface area contributed by atoms with Crippen molar-refractivity contribution in [1.29, 1.82) is 0 Å². The summed E-state index contributed by atoms with van der Waals surface area (Å²) in [4.78, 5) is 24.8. The molecule has 160 valence electrons. The van der Waals surface area contributed by atoms with Crippen LogP contribution in [0.2, 0.25) is 0 Å². The molecule has 0 spiro atoms. The first-order chi connectivity index (χ1) is 15.1. The van der Waals surface area contributed by atoms with Gasteiger partial charge in [0.25, 0.3) is 0 Å². The zero-order valence-corrected chi connectivity index (χ0v) is 17.6. The highest BCUT2D eigenvalue weighted by Crippen LogP contribution is 2.46. The lowest BCUT2D eigenvalue weighted by Gasteiger charge is -2.40. The van der Waals surface area contributed by atoms with Gasteiger partial charge in [-0.15, -0.1) is 0 Å². The van der Waals surface area contributed by atoms with Crippen molar-refractivity contribution in [2.24, 2.45) is 11.8 Å². The molecule has 0 saturated heterocycles. The zero-order valence-electron chi connectivity index (χ0n) is 17.6. The van der Waals surface area contributed by atoms with Gasteiger partial charge in [-0.3, -0.25) is 0 Å². The van der Waals surface area contributed by atoms with Crippen LogP contribution in [0.1, 0.15) is 49.7 Å². The summed E-state index contributed by atoms with van der Waals surface area (Å²) in [6.45, 7) is 1.71. The van der Waals surface area contributed by atoms with E-state index in [2.05, 4.69) is 24.3 Å². The molecule has 3 aliphatic rings. The van der Waals surface area contributed by atoms with Crippen LogP contribution in [0.15, 0.2) is 60.2 Å². The smallest absolute Gasteiger partial charge is 0.433 e. The standard InChI is InChI=1S/C26H26O5/c1-16(30-25(27)23-12-6-7-17-13-14-18(17)23)31-26(28)29-15-24-21-10-4-2-8-19(21)20-9-3-5-11-22(20)24/h2-5,8-12,16-18,24H,6-7,13-15H2,1H3. The summed E-state index contributed by atoms with van der Waals surface area (Å²) < 4.78 is 16.0. The SMILES string of the molecule is CC(OC(=O)OCC1c2ccccc2-c2ccccc21)OC(=O)C1=CCCC2CCC12. The molecule has 31 heavy (non-hydrogen) atoms. The van der Waals surface area contributed by atoms with Gasteiger partial charge in [0.05, 0.1) is 0 Å². The average molecular weight is 418 g/mol. The van der Waals surface area contributed by atoms with E-state index < -0.39 is 12.4 Å². The Kier molecular flexibility index (Phi) is 5.26. The normalized spacial score (nSPS) is 22.2. The fraction of sp³-hybridized carbons (Fsp3) is 0.385. The molecule has 2 aromatic carbocycles. The average Bonchev–Trinajstić information content (AvgIpc) is 3.06. The molecule has 0 radical (unpaired) electrons. The zero-order chi connectivity index (χ0) is 21.4. The molecule has 3 atom stereocenters. The first-order valence-electron chi connectivity index (χ1n) is 11.0. The predicted octanol–water partition coefficient (Wildman–Crippen LogP) is 5.59. The number of rotatable bonds is 5. The largest absolute Gasteiger partial charge is 0.511 e. The highest BCUT2D eigenvalue weighted by molar-refractivity contribution is 5.89. The van der Waals surface area contributed by atoms with Crippen LogP contribution in [0, 0.1) is 11.8 Å². The number of esters is 1. The molecule has 0 N–H and O–H groups in total. The maximum absolute atomic E-state index is 12.5. The maximum Gasteiger partial charge on any atom is 0.511 e. The molecule has 0 heterocycles. The van der Waals surface area contributed by atoms with Gasteiger partial charge in [0.1, 0.15) is 6.61 Å². The van der Waals surface area contributed by atoms with Crippen molar-refractivity contribution in [2.45, 2.75) is 44.8 Å². The van der Waals surface area contributed by atoms with Crippen molar-refractivity contribution in [3.8, 4) is 11.1 Å². The molecule has 2 aromatic rings. The molecule has 5 heteroatoms. The van der Waals surface area contributed by atoms with Crippen LogP contribution in [0.3, 0.4) is 0 Å². The van der Waals surface area contributed by atoms with Gasteiger partial charge in [-0.25, -0.2) is 9.59 Å². The Bertz CT molecular complexity index is 994. The third-order valence-electron chi connectivity index (χ3n) is 6.82. The van der Waals surface area contributed by atoms with E-state index in [-0.39, 0.29) is 18.5 Å². The van der Waals surface area contributed by atoms with E-state index in [1.54, 1.807) is 6.92 Å². The van der Waals surface area contributed by atoms with Crippen molar-refractivity contribution in [2.75, 3.05) is 6.61 Å². The minimum Gasteiger partial charge on any atom is -0.433 e. The summed E-state index contributed by atoms with van der Waals surface area (Å²) in [5.41, 5.74) is 5.34. The van der Waals surface area contributed by atoms with Crippen LogP contribution < -0.4 is 0 Å². The van der Waals surface area contributed by atoms with E-state index >= 15 is 0 Å². The number of hydrogen-bond acceptors (Lipinski definition) is 5. The molecule has 3 aliphatic carbocycles. The Balaban J connectivity index is 1.17. The van der Waals surface area contributed by atoms with Gasteiger partial charge in [-0.05, 0) is 59.8 Å². The van der Waals surface area contributed by atoms with Gasteiger partial charge in [-0.2, -0.15) is 0 Å². The molecule has 1 fully saturated rings. The molecule has 1 saturated carbocycles. The van der Waals surface area contributed by atoms with E-state index in [1.807, 2.05) is 30.3 Å². The van der Waals surface area contributed by atoms with Crippen molar-refractivity contribution >= 4 is 12.1 Å². The van der Waals surface area contributed by atoms with E-state index in [1.165, 1.54) is 6.42 Å². The summed E-state index contributed by atoms with van der Waals surface area (Å²) in [6.07, 6.45) is 4.42. The third-order valence-corrected chi connectivity index (χ3v) is 6.82. The Morgan fingerprint density at radius 2 is 1.61 bits per heavy atom. The Morgan fingerprint density at radius 3 is 2.26 bits per heavy atom. The summed E-state index contributed by atoms with van der Waals surface area (Å²) in [7, 11) is 0. The lowest BCUT2D eigenvalue weighted by atomic mass is 9.65. The molecular formula is C26H26O5. The van der Waals surface area contributed by atoms with Gasteiger partial charge >= 0.3 is 12.1 Å². The van der Waals surface area contributed by atoms with Crippen LogP contribution in [0.5, 0.6) is 0 Å². The first kappa shape index (κ1) is 19.9. The minimum atomic E-state index is -0.996. The summed E-state index contributed by atoms with van der Waals surface area (Å²) in [6, 6.07) is 16.3. The summed E-state index contributed by atoms with van der Waals surface area (Å²) in [5, 5.41) is 0. The molecule has 0 aliphatic heterocycles. The van der Waals surface area contributed by atoms with Crippen LogP contribution in [-0.2, 0) is 19.0 Å². The van der Waals surface area contributed by atoms with Gasteiger partial charge < -0.3 is 14.2 Å². The van der Waals surface area contributed by atoms with Crippen LogP contribution in [0.25, 0.3) is 11.1 Å². The van der Waals surface area contributed by atoms with Crippen molar-refractivity contribution in [3.63, 3.8) is 0 Å². The van der Waals surface area contributed by atoms with Crippen molar-refractivity contribution < 1.29 is 23.8 Å². The van der Waals surface area contributed by atoms with E-state index in [9.17, 15) is 9.59 Å². The second kappa shape index (κ2) is 8.22. The quantitative estimate of drug-likeness (QED) is 0.468. The number of allylic oxidation sites excluding steroid dienone is 1. The lowest BCUT2D eigenvalue weighted by molar-refractivity contribution is -0.164. The van der Waals surface area contributed by atoms with Crippen molar-refractivity contribution in [3.05, 3.63) is 71.3 Å². The van der Waals surface area contributed by atoms with Gasteiger partial charge in [0.15, 0.2) is 0 Å². The molecule has 0 bridgehead atoms. The number of benzene rings is 2. The monoisotopic (exact) mass is 418 g/mol. The Hall–Kier alpha value is -3.08. The number of fused-ring (bicyclic) bond motifs is 4. The van der Waals surface area contributed by atoms with Gasteiger partial charge in [-0.1, -0.05) is 54.6 Å². The van der Waals surface area contributed by atoms with E-state index in [0.717, 1.165) is 47.1 Å². The lowest BCUT2D eigenvalue weighted by Crippen LogP contribution is -2.35. The first-order valence-corrected chi connectivity index (χ1v) is 11.0. The number of carbonyl (C=O) groups is 2. The second-order valence-electron chi connectivity index (χ2n) is 8.56. The maximum atomic E-state index is 12.5.